The molecule has 39 heavy (non-hydrogen) atoms. The van der Waals surface area contributed by atoms with Crippen molar-refractivity contribution in [3.63, 3.8) is 0 Å². The van der Waals surface area contributed by atoms with Crippen LogP contribution in [-0.4, -0.2) is 30.9 Å². The van der Waals surface area contributed by atoms with Gasteiger partial charge in [0.05, 0.1) is 5.56 Å². The van der Waals surface area contributed by atoms with Crippen molar-refractivity contribution >= 4 is 23.2 Å². The summed E-state index contributed by atoms with van der Waals surface area (Å²) in [6.45, 7) is 4.15. The van der Waals surface area contributed by atoms with Crippen molar-refractivity contribution in [3.8, 4) is 0 Å². The van der Waals surface area contributed by atoms with Crippen molar-refractivity contribution in [2.24, 2.45) is 5.92 Å². The van der Waals surface area contributed by atoms with Gasteiger partial charge >= 0.3 is 0 Å². The molecule has 0 bridgehead atoms. The largest absolute Gasteiger partial charge is 0.371 e. The molecule has 212 valence electrons. The van der Waals surface area contributed by atoms with Crippen LogP contribution in [0.5, 0.6) is 0 Å². The topological polar surface area (TPSA) is 61.4 Å². The van der Waals surface area contributed by atoms with Crippen molar-refractivity contribution in [3.05, 3.63) is 59.7 Å². The van der Waals surface area contributed by atoms with Gasteiger partial charge in [0.2, 0.25) is 5.91 Å². The lowest BCUT2D eigenvalue weighted by molar-refractivity contribution is -0.116. The molecule has 5 heteroatoms. The highest BCUT2D eigenvalue weighted by Crippen LogP contribution is 2.31. The van der Waals surface area contributed by atoms with Gasteiger partial charge in [-0.05, 0) is 68.2 Å². The molecule has 2 aromatic rings. The maximum Gasteiger partial charge on any atom is 0.253 e. The summed E-state index contributed by atoms with van der Waals surface area (Å²) in [5, 5.41) is 6.22. The monoisotopic (exact) mass is 531 g/mol. The molecule has 2 fully saturated rings. The van der Waals surface area contributed by atoms with Crippen LogP contribution in [0, 0.1) is 5.92 Å². The molecule has 2 aromatic carbocycles. The number of benzene rings is 2. The van der Waals surface area contributed by atoms with Gasteiger partial charge in [0.25, 0.3) is 5.91 Å². The summed E-state index contributed by atoms with van der Waals surface area (Å²) in [6, 6.07) is 16.9. The minimum absolute atomic E-state index is 0.0195. The van der Waals surface area contributed by atoms with Gasteiger partial charge in [0.1, 0.15) is 0 Å². The predicted molar refractivity (Wildman–Crippen MR) is 162 cm³/mol. The average molecular weight is 532 g/mol. The van der Waals surface area contributed by atoms with Crippen LogP contribution in [0.3, 0.4) is 0 Å². The Morgan fingerprint density at radius 2 is 1.49 bits per heavy atom. The van der Waals surface area contributed by atoms with E-state index in [9.17, 15) is 9.59 Å². The first-order chi connectivity index (χ1) is 19.1. The molecule has 1 aliphatic heterocycles. The first-order valence-corrected chi connectivity index (χ1v) is 15.7. The Morgan fingerprint density at radius 1 is 0.821 bits per heavy atom. The number of amides is 2. The lowest BCUT2D eigenvalue weighted by Gasteiger charge is -2.35. The van der Waals surface area contributed by atoms with Gasteiger partial charge in [-0.3, -0.25) is 9.59 Å². The molecule has 2 N–H and O–H groups in total. The molecule has 2 amide bonds. The van der Waals surface area contributed by atoms with E-state index >= 15 is 0 Å². The number of unbranched alkanes of at least 4 members (excludes halogenated alkanes) is 8. The molecule has 4 rings (SSSR count). The van der Waals surface area contributed by atoms with Crippen molar-refractivity contribution < 1.29 is 9.59 Å². The van der Waals surface area contributed by atoms with E-state index in [1.807, 2.05) is 18.2 Å². The summed E-state index contributed by atoms with van der Waals surface area (Å²) >= 11 is 0. The van der Waals surface area contributed by atoms with Gasteiger partial charge in [0, 0.05) is 36.9 Å². The SMILES string of the molecule is CCCCCCCCCCCC(=O)Nc1ccc(N2CCC(Cc3ccccc3)CC2)c(C(=O)NC2CC2)c1. The van der Waals surface area contributed by atoms with Crippen LogP contribution >= 0.6 is 0 Å². The molecule has 1 saturated heterocycles. The number of hydrogen-bond donors (Lipinski definition) is 2. The maximum absolute atomic E-state index is 13.2. The zero-order chi connectivity index (χ0) is 27.3. The van der Waals surface area contributed by atoms with E-state index in [4.69, 9.17) is 0 Å². The second-order valence-electron chi connectivity index (χ2n) is 11.7. The van der Waals surface area contributed by atoms with Crippen LogP contribution in [0.1, 0.15) is 113 Å². The molecular formula is C34H49N3O2. The number of piperidine rings is 1. The van der Waals surface area contributed by atoms with Gasteiger partial charge in [-0.1, -0.05) is 88.6 Å². The number of nitrogens with zero attached hydrogens (tertiary/aromatic N) is 1. The standard InChI is InChI=1S/C34H49N3O2/c1-2-3-4-5-6-7-8-9-13-16-33(38)35-30-19-20-32(31(26-30)34(39)36-29-17-18-29)37-23-21-28(22-24-37)25-27-14-11-10-12-15-27/h10-12,14-15,19-20,26,28-29H,2-9,13,16-18,21-25H2,1H3,(H,35,38)(H,36,39). The van der Waals surface area contributed by atoms with Crippen LogP contribution < -0.4 is 15.5 Å². The molecule has 1 aliphatic carbocycles. The van der Waals surface area contributed by atoms with E-state index in [1.54, 1.807) is 0 Å². The molecule has 0 aromatic heterocycles. The van der Waals surface area contributed by atoms with Crippen LogP contribution in [0.4, 0.5) is 11.4 Å². The van der Waals surface area contributed by atoms with Crippen LogP contribution in [-0.2, 0) is 11.2 Å². The Kier molecular flexibility index (Phi) is 11.7. The van der Waals surface area contributed by atoms with Crippen molar-refractivity contribution in [2.75, 3.05) is 23.3 Å². The zero-order valence-electron chi connectivity index (χ0n) is 24.1. The van der Waals surface area contributed by atoms with Crippen molar-refractivity contribution in [1.82, 2.24) is 5.32 Å². The van der Waals surface area contributed by atoms with E-state index in [2.05, 4.69) is 52.8 Å². The van der Waals surface area contributed by atoms with Gasteiger partial charge < -0.3 is 15.5 Å². The Hall–Kier alpha value is -2.82. The smallest absolute Gasteiger partial charge is 0.253 e. The second kappa shape index (κ2) is 15.7. The minimum atomic E-state index is -0.0195. The fourth-order valence-corrected chi connectivity index (χ4v) is 5.71. The van der Waals surface area contributed by atoms with Gasteiger partial charge in [-0.15, -0.1) is 0 Å². The molecule has 0 spiro atoms. The summed E-state index contributed by atoms with van der Waals surface area (Å²) < 4.78 is 0. The van der Waals surface area contributed by atoms with Gasteiger partial charge in [-0.25, -0.2) is 0 Å². The number of rotatable bonds is 16. The Balaban J connectivity index is 1.27. The summed E-state index contributed by atoms with van der Waals surface area (Å²) in [7, 11) is 0. The number of nitrogens with one attached hydrogen (secondary N) is 2. The van der Waals surface area contributed by atoms with E-state index < -0.39 is 0 Å². The first kappa shape index (κ1) is 29.2. The van der Waals surface area contributed by atoms with Crippen LogP contribution in [0.2, 0.25) is 0 Å². The number of anilines is 2. The summed E-state index contributed by atoms with van der Waals surface area (Å²) in [5.41, 5.74) is 3.80. The molecule has 1 heterocycles. The molecule has 2 aliphatic rings. The normalized spacial score (nSPS) is 15.8. The molecule has 0 atom stereocenters. The fraction of sp³-hybridized carbons (Fsp3) is 0.588. The molecule has 1 saturated carbocycles. The number of hydrogen-bond acceptors (Lipinski definition) is 3. The van der Waals surface area contributed by atoms with Crippen LogP contribution in [0.15, 0.2) is 48.5 Å². The van der Waals surface area contributed by atoms with Crippen molar-refractivity contribution in [2.45, 2.75) is 109 Å². The van der Waals surface area contributed by atoms with Gasteiger partial charge in [0.15, 0.2) is 0 Å². The lowest BCUT2D eigenvalue weighted by atomic mass is 9.89. The summed E-state index contributed by atoms with van der Waals surface area (Å²) in [6.07, 6.45) is 17.2. The summed E-state index contributed by atoms with van der Waals surface area (Å²) in [4.78, 5) is 28.2. The fourth-order valence-electron chi connectivity index (χ4n) is 5.71. The number of carbonyl (C=O) groups is 2. The lowest BCUT2D eigenvalue weighted by Crippen LogP contribution is -2.36. The highest BCUT2D eigenvalue weighted by Gasteiger charge is 2.27. The van der Waals surface area contributed by atoms with E-state index in [-0.39, 0.29) is 11.8 Å². The van der Waals surface area contributed by atoms with Crippen LogP contribution in [0.25, 0.3) is 0 Å². The third-order valence-electron chi connectivity index (χ3n) is 8.27. The third kappa shape index (κ3) is 10.0. The molecule has 0 radical (unpaired) electrons. The highest BCUT2D eigenvalue weighted by atomic mass is 16.2. The first-order valence-electron chi connectivity index (χ1n) is 15.7. The van der Waals surface area contributed by atoms with Crippen molar-refractivity contribution in [1.29, 1.82) is 0 Å². The second-order valence-corrected chi connectivity index (χ2v) is 11.7. The predicted octanol–water partition coefficient (Wildman–Crippen LogP) is 7.90. The Morgan fingerprint density at radius 3 is 2.15 bits per heavy atom. The van der Waals surface area contributed by atoms with E-state index in [0.717, 1.165) is 69.4 Å². The summed E-state index contributed by atoms with van der Waals surface area (Å²) in [5.74, 6) is 0.696. The van der Waals surface area contributed by atoms with Gasteiger partial charge in [-0.2, -0.15) is 0 Å². The van der Waals surface area contributed by atoms with E-state index in [1.165, 1.54) is 50.5 Å². The average Bonchev–Trinajstić information content (AvgIpc) is 3.77. The molecule has 0 unspecified atom stereocenters. The maximum atomic E-state index is 13.2. The van der Waals surface area contributed by atoms with E-state index in [0.29, 0.717) is 23.9 Å². The highest BCUT2D eigenvalue weighted by molar-refractivity contribution is 6.02. The minimum Gasteiger partial charge on any atom is -0.371 e. The molecule has 5 nitrogen and oxygen atoms in total. The Labute approximate surface area is 236 Å². The number of carbonyl (C=O) groups excluding carboxylic acids is 2. The molecular weight excluding hydrogens is 482 g/mol. The zero-order valence-corrected chi connectivity index (χ0v) is 24.1. The third-order valence-corrected chi connectivity index (χ3v) is 8.27. The Bertz CT molecular complexity index is 1030. The quantitative estimate of drug-likeness (QED) is 0.216.